The molecule has 0 aromatic heterocycles. The summed E-state index contributed by atoms with van der Waals surface area (Å²) >= 11 is 0. The number of hydrogen-bond acceptors (Lipinski definition) is 4. The van der Waals surface area contributed by atoms with Crippen LogP contribution in [0.3, 0.4) is 0 Å². The molecule has 2 fully saturated rings. The molecular weight excluding hydrogens is 341 g/mol. The Morgan fingerprint density at radius 1 is 0.889 bits per heavy atom. The number of likely N-dealkylation sites (tertiary alicyclic amines) is 1. The minimum absolute atomic E-state index is 0.173. The number of phenolic OH excluding ortho intramolecular Hbond substituents is 1. The Labute approximate surface area is 160 Å². The summed E-state index contributed by atoms with van der Waals surface area (Å²) in [6.07, 6.45) is 2.50. The maximum atomic E-state index is 13.1. The fraction of sp³-hybridized carbons (Fsp3) is 0.455. The second-order valence-corrected chi connectivity index (χ2v) is 7.70. The van der Waals surface area contributed by atoms with Gasteiger partial charge in [-0.2, -0.15) is 0 Å². The molecule has 1 N–H and O–H groups in total. The van der Waals surface area contributed by atoms with Crippen LogP contribution in [0.25, 0.3) is 0 Å². The van der Waals surface area contributed by atoms with Crippen LogP contribution in [0.4, 0.5) is 10.1 Å². The van der Waals surface area contributed by atoms with Crippen molar-refractivity contribution in [3.05, 3.63) is 59.9 Å². The highest BCUT2D eigenvalue weighted by atomic mass is 19.1. The number of benzene rings is 2. The smallest absolute Gasteiger partial charge is 0.123 e. The van der Waals surface area contributed by atoms with Crippen molar-refractivity contribution in [3.63, 3.8) is 0 Å². The molecule has 0 unspecified atom stereocenters. The molecular formula is C22H28FN3O. The summed E-state index contributed by atoms with van der Waals surface area (Å²) in [6.45, 7) is 7.33. The van der Waals surface area contributed by atoms with Gasteiger partial charge in [0.15, 0.2) is 0 Å². The first-order valence-corrected chi connectivity index (χ1v) is 9.92. The van der Waals surface area contributed by atoms with Crippen LogP contribution in [0.2, 0.25) is 0 Å². The topological polar surface area (TPSA) is 30.0 Å². The lowest BCUT2D eigenvalue weighted by Gasteiger charge is -2.44. The summed E-state index contributed by atoms with van der Waals surface area (Å²) in [5.41, 5.74) is 2.38. The predicted molar refractivity (Wildman–Crippen MR) is 107 cm³/mol. The third-order valence-corrected chi connectivity index (χ3v) is 5.85. The molecule has 0 spiro atoms. The molecule has 144 valence electrons. The van der Waals surface area contributed by atoms with E-state index in [1.54, 1.807) is 24.3 Å². The lowest BCUT2D eigenvalue weighted by molar-refractivity contribution is 0.0887. The van der Waals surface area contributed by atoms with E-state index in [9.17, 15) is 9.50 Å². The standard InChI is InChI=1S/C22H28FN3O/c23-19-5-7-20(8-6-19)25-12-14-26(15-13-25)21-2-1-11-24(17-21)16-18-3-9-22(27)10-4-18/h3-10,21,27H,1-2,11-17H2/t21-/m1/s1. The van der Waals surface area contributed by atoms with E-state index in [-0.39, 0.29) is 5.82 Å². The van der Waals surface area contributed by atoms with Crippen molar-refractivity contribution in [3.8, 4) is 5.75 Å². The summed E-state index contributed by atoms with van der Waals surface area (Å²) in [4.78, 5) is 7.52. The van der Waals surface area contributed by atoms with E-state index in [1.807, 2.05) is 24.3 Å². The highest BCUT2D eigenvalue weighted by Crippen LogP contribution is 2.22. The van der Waals surface area contributed by atoms with Gasteiger partial charge in [0.05, 0.1) is 0 Å². The van der Waals surface area contributed by atoms with Crippen molar-refractivity contribution >= 4 is 5.69 Å². The molecule has 4 nitrogen and oxygen atoms in total. The third-order valence-electron chi connectivity index (χ3n) is 5.85. The molecule has 0 amide bonds. The van der Waals surface area contributed by atoms with Crippen LogP contribution in [0.15, 0.2) is 48.5 Å². The largest absolute Gasteiger partial charge is 0.508 e. The van der Waals surface area contributed by atoms with Crippen LogP contribution >= 0.6 is 0 Å². The molecule has 2 aromatic rings. The van der Waals surface area contributed by atoms with Gasteiger partial charge in [-0.25, -0.2) is 4.39 Å². The Kier molecular flexibility index (Phi) is 5.60. The molecule has 2 heterocycles. The molecule has 5 heteroatoms. The zero-order valence-electron chi connectivity index (χ0n) is 15.7. The number of aromatic hydroxyl groups is 1. The Morgan fingerprint density at radius 2 is 1.59 bits per heavy atom. The zero-order valence-corrected chi connectivity index (χ0v) is 15.7. The first kappa shape index (κ1) is 18.3. The average molecular weight is 369 g/mol. The van der Waals surface area contributed by atoms with E-state index < -0.39 is 0 Å². The minimum atomic E-state index is -0.173. The van der Waals surface area contributed by atoms with E-state index in [1.165, 1.54) is 18.4 Å². The maximum Gasteiger partial charge on any atom is 0.123 e. The molecule has 4 rings (SSSR count). The van der Waals surface area contributed by atoms with Gasteiger partial charge in [0.25, 0.3) is 0 Å². The molecule has 0 aliphatic carbocycles. The van der Waals surface area contributed by atoms with Crippen molar-refractivity contribution in [1.29, 1.82) is 0 Å². The van der Waals surface area contributed by atoms with Crippen LogP contribution in [0.5, 0.6) is 5.75 Å². The minimum Gasteiger partial charge on any atom is -0.508 e. The SMILES string of the molecule is Oc1ccc(CN2CCC[C@@H](N3CCN(c4ccc(F)cc4)CC3)C2)cc1. The number of hydrogen-bond donors (Lipinski definition) is 1. The fourth-order valence-corrected chi connectivity index (χ4v) is 4.33. The van der Waals surface area contributed by atoms with Gasteiger partial charge in [0.2, 0.25) is 0 Å². The lowest BCUT2D eigenvalue weighted by Crippen LogP contribution is -2.55. The Balaban J connectivity index is 1.30. The maximum absolute atomic E-state index is 13.1. The van der Waals surface area contributed by atoms with Gasteiger partial charge >= 0.3 is 0 Å². The van der Waals surface area contributed by atoms with E-state index in [2.05, 4.69) is 14.7 Å². The van der Waals surface area contributed by atoms with Crippen molar-refractivity contribution in [1.82, 2.24) is 9.80 Å². The summed E-state index contributed by atoms with van der Waals surface area (Å²) in [7, 11) is 0. The molecule has 0 saturated carbocycles. The third kappa shape index (κ3) is 4.60. The van der Waals surface area contributed by atoms with Crippen LogP contribution in [-0.2, 0) is 6.54 Å². The normalized spacial score (nSPS) is 22.1. The molecule has 2 aliphatic heterocycles. The van der Waals surface area contributed by atoms with Crippen molar-refractivity contribution in [2.75, 3.05) is 44.2 Å². The number of rotatable bonds is 4. The fourth-order valence-electron chi connectivity index (χ4n) is 4.33. The Bertz CT molecular complexity index is 726. The second kappa shape index (κ2) is 8.28. The van der Waals surface area contributed by atoms with Gasteiger partial charge in [0.1, 0.15) is 11.6 Å². The van der Waals surface area contributed by atoms with E-state index in [4.69, 9.17) is 0 Å². The number of nitrogens with zero attached hydrogens (tertiary/aromatic N) is 3. The van der Waals surface area contributed by atoms with E-state index >= 15 is 0 Å². The summed E-state index contributed by atoms with van der Waals surface area (Å²) < 4.78 is 13.1. The quantitative estimate of drug-likeness (QED) is 0.896. The first-order chi connectivity index (χ1) is 13.2. The van der Waals surface area contributed by atoms with Crippen molar-refractivity contribution in [2.24, 2.45) is 0 Å². The number of piperidine rings is 1. The first-order valence-electron chi connectivity index (χ1n) is 9.92. The molecule has 27 heavy (non-hydrogen) atoms. The van der Waals surface area contributed by atoms with Gasteiger partial charge in [-0.3, -0.25) is 9.80 Å². The van der Waals surface area contributed by atoms with Crippen LogP contribution < -0.4 is 4.90 Å². The van der Waals surface area contributed by atoms with Crippen molar-refractivity contribution < 1.29 is 9.50 Å². The Hall–Kier alpha value is -2.11. The number of piperazine rings is 1. The van der Waals surface area contributed by atoms with Crippen molar-refractivity contribution in [2.45, 2.75) is 25.4 Å². The molecule has 2 aromatic carbocycles. The molecule has 2 saturated heterocycles. The van der Waals surface area contributed by atoms with E-state index in [0.717, 1.165) is 51.5 Å². The van der Waals surface area contributed by atoms with Crippen LogP contribution in [0, 0.1) is 5.82 Å². The van der Waals surface area contributed by atoms with Gasteiger partial charge in [0, 0.05) is 51.0 Å². The number of halogens is 1. The van der Waals surface area contributed by atoms with Crippen LogP contribution in [-0.4, -0.2) is 60.2 Å². The van der Waals surface area contributed by atoms with E-state index in [0.29, 0.717) is 11.8 Å². The molecule has 0 bridgehead atoms. The molecule has 1 atom stereocenters. The summed E-state index contributed by atoms with van der Waals surface area (Å²) in [6, 6.07) is 15.0. The predicted octanol–water partition coefficient (Wildman–Crippen LogP) is 3.32. The number of phenols is 1. The summed E-state index contributed by atoms with van der Waals surface area (Å²) in [5, 5.41) is 9.45. The van der Waals surface area contributed by atoms with Gasteiger partial charge in [-0.15, -0.1) is 0 Å². The summed E-state index contributed by atoms with van der Waals surface area (Å²) in [5.74, 6) is 0.155. The van der Waals surface area contributed by atoms with Crippen LogP contribution in [0.1, 0.15) is 18.4 Å². The Morgan fingerprint density at radius 3 is 2.30 bits per heavy atom. The number of anilines is 1. The van der Waals surface area contributed by atoms with Gasteiger partial charge < -0.3 is 10.0 Å². The average Bonchev–Trinajstić information content (AvgIpc) is 2.71. The zero-order chi connectivity index (χ0) is 18.6. The molecule has 0 radical (unpaired) electrons. The molecule has 2 aliphatic rings. The highest BCUT2D eigenvalue weighted by Gasteiger charge is 2.28. The van der Waals surface area contributed by atoms with Gasteiger partial charge in [-0.05, 0) is 61.3 Å². The highest BCUT2D eigenvalue weighted by molar-refractivity contribution is 5.46. The second-order valence-electron chi connectivity index (χ2n) is 7.70. The lowest BCUT2D eigenvalue weighted by atomic mass is 10.0. The monoisotopic (exact) mass is 369 g/mol. The van der Waals surface area contributed by atoms with Gasteiger partial charge in [-0.1, -0.05) is 12.1 Å².